The third-order valence-electron chi connectivity index (χ3n) is 1.82. The van der Waals surface area contributed by atoms with Gasteiger partial charge in [0, 0.05) is 25.9 Å². The van der Waals surface area contributed by atoms with Crippen LogP contribution in [0.2, 0.25) is 0 Å². The van der Waals surface area contributed by atoms with Gasteiger partial charge in [-0.3, -0.25) is 0 Å². The highest BCUT2D eigenvalue weighted by molar-refractivity contribution is 5.67. The number of benzene rings is 1. The number of hydrogen-bond acceptors (Lipinski definition) is 3. The number of aliphatic hydroxyl groups is 1. The monoisotopic (exact) mass is 192 g/mol. The normalized spacial score (nSPS) is 13.9. The van der Waals surface area contributed by atoms with Crippen LogP contribution >= 0.6 is 0 Å². The van der Waals surface area contributed by atoms with Gasteiger partial charge < -0.3 is 15.7 Å². The molecule has 0 amide bonds. The molecular weight excluding hydrogens is 176 g/mol. The summed E-state index contributed by atoms with van der Waals surface area (Å²) in [5.74, 6) is 0. The first-order valence-corrected chi connectivity index (χ1v) is 4.48. The van der Waals surface area contributed by atoms with E-state index in [-0.39, 0.29) is 0 Å². The Morgan fingerprint density at radius 3 is 2.36 bits per heavy atom. The molecule has 3 N–H and O–H groups in total. The topological polar surface area (TPSA) is 49.5 Å². The summed E-state index contributed by atoms with van der Waals surface area (Å²) in [6, 6.07) is 9.61. The fourth-order valence-corrected chi connectivity index (χ4v) is 1.23. The van der Waals surface area contributed by atoms with Crippen molar-refractivity contribution >= 4 is 5.57 Å². The average molecular weight is 192 g/mol. The van der Waals surface area contributed by atoms with Crippen molar-refractivity contribution in [1.29, 1.82) is 0 Å². The minimum absolute atomic E-state index is 0.718. The van der Waals surface area contributed by atoms with Gasteiger partial charge in [0.25, 0.3) is 0 Å². The van der Waals surface area contributed by atoms with Crippen molar-refractivity contribution in [3.05, 3.63) is 42.1 Å². The van der Waals surface area contributed by atoms with Gasteiger partial charge >= 0.3 is 0 Å². The number of rotatable bonds is 3. The molecule has 0 aliphatic rings. The summed E-state index contributed by atoms with van der Waals surface area (Å²) in [4.78, 5) is 1.86. The summed E-state index contributed by atoms with van der Waals surface area (Å²) < 4.78 is 0. The van der Waals surface area contributed by atoms with E-state index in [1.807, 2.05) is 55.5 Å². The maximum absolute atomic E-state index is 9.40. The standard InChI is InChI=1S/C11H16N2O/c1-13(2)8-10(11(12)14)9-6-4-3-5-7-9/h3-8,11,14H,12H2,1-2H3/b10-8-/t11-/m0/s1. The van der Waals surface area contributed by atoms with Crippen LogP contribution in [0.25, 0.3) is 5.57 Å². The third-order valence-corrected chi connectivity index (χ3v) is 1.82. The first kappa shape index (κ1) is 10.8. The SMILES string of the molecule is CN(C)/C=C(/c1ccccc1)[C@@H](N)O. The maximum Gasteiger partial charge on any atom is 0.130 e. The highest BCUT2D eigenvalue weighted by Gasteiger charge is 2.07. The largest absolute Gasteiger partial charge is 0.383 e. The average Bonchev–Trinajstić information content (AvgIpc) is 2.15. The molecule has 0 spiro atoms. The Morgan fingerprint density at radius 1 is 1.36 bits per heavy atom. The second-order valence-electron chi connectivity index (χ2n) is 3.36. The van der Waals surface area contributed by atoms with Crippen LogP contribution in [0.5, 0.6) is 0 Å². The second-order valence-corrected chi connectivity index (χ2v) is 3.36. The predicted octanol–water partition coefficient (Wildman–Crippen LogP) is 0.866. The lowest BCUT2D eigenvalue weighted by Gasteiger charge is -2.14. The smallest absolute Gasteiger partial charge is 0.130 e. The van der Waals surface area contributed by atoms with Crippen LogP contribution in [0.3, 0.4) is 0 Å². The van der Waals surface area contributed by atoms with Gasteiger partial charge in [-0.25, -0.2) is 0 Å². The molecule has 76 valence electrons. The lowest BCUT2D eigenvalue weighted by atomic mass is 10.1. The molecule has 1 aromatic carbocycles. The molecule has 3 heteroatoms. The fraction of sp³-hybridized carbons (Fsp3) is 0.273. The van der Waals surface area contributed by atoms with Crippen LogP contribution in [0, 0.1) is 0 Å². The lowest BCUT2D eigenvalue weighted by molar-refractivity contribution is 0.239. The minimum Gasteiger partial charge on any atom is -0.383 e. The van der Waals surface area contributed by atoms with Crippen LogP contribution in [0.15, 0.2) is 36.5 Å². The van der Waals surface area contributed by atoms with Gasteiger partial charge in [-0.05, 0) is 5.56 Å². The molecule has 0 aliphatic carbocycles. The Morgan fingerprint density at radius 2 is 1.93 bits per heavy atom. The molecule has 1 rings (SSSR count). The Kier molecular flexibility index (Phi) is 3.68. The van der Waals surface area contributed by atoms with Crippen LogP contribution in [-0.2, 0) is 0 Å². The minimum atomic E-state index is -0.945. The van der Waals surface area contributed by atoms with E-state index in [2.05, 4.69) is 0 Å². The summed E-state index contributed by atoms with van der Waals surface area (Å²) >= 11 is 0. The van der Waals surface area contributed by atoms with Crippen LogP contribution in [-0.4, -0.2) is 30.3 Å². The predicted molar refractivity (Wildman–Crippen MR) is 58.3 cm³/mol. The molecule has 0 aromatic heterocycles. The van der Waals surface area contributed by atoms with Gasteiger partial charge in [0.05, 0.1) is 0 Å². The van der Waals surface area contributed by atoms with Gasteiger partial charge in [0.15, 0.2) is 0 Å². The Labute approximate surface area is 84.5 Å². The number of hydrogen-bond donors (Lipinski definition) is 2. The Hall–Kier alpha value is -1.32. The molecule has 0 fully saturated rings. The first-order valence-electron chi connectivity index (χ1n) is 4.48. The van der Waals surface area contributed by atoms with Gasteiger partial charge in [-0.1, -0.05) is 30.3 Å². The molecule has 0 unspecified atom stereocenters. The molecule has 0 heterocycles. The molecule has 0 saturated carbocycles. The summed E-state index contributed by atoms with van der Waals surface area (Å²) in [5.41, 5.74) is 7.14. The molecule has 1 aromatic rings. The number of nitrogens with zero attached hydrogens (tertiary/aromatic N) is 1. The van der Waals surface area contributed by atoms with Gasteiger partial charge in [0.2, 0.25) is 0 Å². The Balaban J connectivity index is 3.01. The van der Waals surface area contributed by atoms with Crippen molar-refractivity contribution in [1.82, 2.24) is 4.90 Å². The molecule has 0 aliphatic heterocycles. The zero-order valence-corrected chi connectivity index (χ0v) is 8.51. The van der Waals surface area contributed by atoms with E-state index in [0.29, 0.717) is 0 Å². The summed E-state index contributed by atoms with van der Waals surface area (Å²) in [7, 11) is 3.79. The number of aliphatic hydroxyl groups excluding tert-OH is 1. The van der Waals surface area contributed by atoms with Crippen molar-refractivity contribution in [2.75, 3.05) is 14.1 Å². The van der Waals surface area contributed by atoms with Crippen molar-refractivity contribution in [3.8, 4) is 0 Å². The maximum atomic E-state index is 9.40. The highest BCUT2D eigenvalue weighted by Crippen LogP contribution is 2.15. The van der Waals surface area contributed by atoms with Gasteiger partial charge in [-0.15, -0.1) is 0 Å². The molecular formula is C11H16N2O. The van der Waals surface area contributed by atoms with Crippen molar-refractivity contribution in [2.45, 2.75) is 6.23 Å². The first-order chi connectivity index (χ1) is 6.61. The van der Waals surface area contributed by atoms with E-state index in [0.717, 1.165) is 11.1 Å². The molecule has 14 heavy (non-hydrogen) atoms. The van der Waals surface area contributed by atoms with Crippen molar-refractivity contribution < 1.29 is 5.11 Å². The number of nitrogens with two attached hydrogens (primary N) is 1. The zero-order valence-electron chi connectivity index (χ0n) is 8.51. The van der Waals surface area contributed by atoms with Gasteiger partial charge in [-0.2, -0.15) is 0 Å². The fourth-order valence-electron chi connectivity index (χ4n) is 1.23. The van der Waals surface area contributed by atoms with Crippen molar-refractivity contribution in [2.24, 2.45) is 5.73 Å². The summed E-state index contributed by atoms with van der Waals surface area (Å²) in [6.45, 7) is 0. The summed E-state index contributed by atoms with van der Waals surface area (Å²) in [6.07, 6.45) is 0.875. The molecule has 3 nitrogen and oxygen atoms in total. The van der Waals surface area contributed by atoms with E-state index in [9.17, 15) is 5.11 Å². The van der Waals surface area contributed by atoms with Crippen LogP contribution < -0.4 is 5.73 Å². The molecule has 0 saturated heterocycles. The quantitative estimate of drug-likeness (QED) is 0.698. The van der Waals surface area contributed by atoms with E-state index in [4.69, 9.17) is 5.73 Å². The highest BCUT2D eigenvalue weighted by atomic mass is 16.3. The van der Waals surface area contributed by atoms with E-state index in [1.165, 1.54) is 0 Å². The summed E-state index contributed by atoms with van der Waals surface area (Å²) in [5, 5.41) is 9.40. The van der Waals surface area contributed by atoms with E-state index in [1.54, 1.807) is 0 Å². The van der Waals surface area contributed by atoms with Crippen LogP contribution in [0.1, 0.15) is 5.56 Å². The molecule has 1 atom stereocenters. The molecule has 0 bridgehead atoms. The van der Waals surface area contributed by atoms with E-state index < -0.39 is 6.23 Å². The van der Waals surface area contributed by atoms with E-state index >= 15 is 0 Å². The second kappa shape index (κ2) is 4.79. The van der Waals surface area contributed by atoms with Gasteiger partial charge in [0.1, 0.15) is 6.23 Å². The zero-order chi connectivity index (χ0) is 10.6. The van der Waals surface area contributed by atoms with Crippen molar-refractivity contribution in [3.63, 3.8) is 0 Å². The van der Waals surface area contributed by atoms with Crippen LogP contribution in [0.4, 0.5) is 0 Å². The lowest BCUT2D eigenvalue weighted by Crippen LogP contribution is -2.22. The molecule has 0 radical (unpaired) electrons. The Bertz CT molecular complexity index is 304. The third kappa shape index (κ3) is 2.87.